The Morgan fingerprint density at radius 3 is 2.41 bits per heavy atom. The van der Waals surface area contributed by atoms with Crippen LogP contribution in [-0.4, -0.2) is 54.9 Å². The number of hydrogen-bond acceptors (Lipinski definition) is 6. The van der Waals surface area contributed by atoms with Crippen molar-refractivity contribution in [3.63, 3.8) is 0 Å². The highest BCUT2D eigenvalue weighted by Crippen LogP contribution is 2.26. The maximum atomic E-state index is 13.1. The van der Waals surface area contributed by atoms with Crippen LogP contribution in [0.25, 0.3) is 0 Å². The second-order valence-electron chi connectivity index (χ2n) is 7.29. The fourth-order valence-corrected chi connectivity index (χ4v) is 5.10. The number of sulfonamides is 1. The van der Waals surface area contributed by atoms with E-state index in [1.54, 1.807) is 66.4 Å². The lowest BCUT2D eigenvalue weighted by Crippen LogP contribution is -2.50. The number of para-hydroxylation sites is 1. The van der Waals surface area contributed by atoms with E-state index in [4.69, 9.17) is 20.9 Å². The van der Waals surface area contributed by atoms with Crippen molar-refractivity contribution in [2.75, 3.05) is 26.2 Å². The average molecular weight is 476 g/mol. The van der Waals surface area contributed by atoms with Gasteiger partial charge >= 0.3 is 0 Å². The Kier molecular flexibility index (Phi) is 6.50. The summed E-state index contributed by atoms with van der Waals surface area (Å²) in [5.41, 5.74) is 0.697. The largest absolute Gasteiger partial charge is 0.487 e. The SMILES string of the molecule is Cc1onc(C(=O)N2CCN(S(=O)(=O)c3ccccc3)CC2)c1COc1ccccc1Cl. The molecule has 168 valence electrons. The maximum Gasteiger partial charge on any atom is 0.276 e. The molecule has 0 aliphatic carbocycles. The third-order valence-electron chi connectivity index (χ3n) is 5.30. The number of hydrogen-bond donors (Lipinski definition) is 0. The number of nitrogens with zero attached hydrogens (tertiary/aromatic N) is 3. The zero-order valence-corrected chi connectivity index (χ0v) is 19.0. The minimum atomic E-state index is -3.59. The summed E-state index contributed by atoms with van der Waals surface area (Å²) >= 11 is 6.13. The number of ether oxygens (including phenoxy) is 1. The molecule has 32 heavy (non-hydrogen) atoms. The predicted molar refractivity (Wildman–Crippen MR) is 118 cm³/mol. The highest BCUT2D eigenvalue weighted by Gasteiger charge is 2.32. The van der Waals surface area contributed by atoms with Crippen molar-refractivity contribution < 1.29 is 22.5 Å². The summed E-state index contributed by atoms with van der Waals surface area (Å²) in [5.74, 6) is 0.648. The molecule has 3 aromatic rings. The van der Waals surface area contributed by atoms with Crippen molar-refractivity contribution >= 4 is 27.5 Å². The summed E-state index contributed by atoms with van der Waals surface area (Å²) in [6, 6.07) is 15.3. The van der Waals surface area contributed by atoms with Crippen LogP contribution in [-0.2, 0) is 16.6 Å². The molecule has 1 aliphatic rings. The Labute approximate surface area is 191 Å². The lowest BCUT2D eigenvalue weighted by Gasteiger charge is -2.33. The van der Waals surface area contributed by atoms with Gasteiger partial charge < -0.3 is 14.2 Å². The van der Waals surface area contributed by atoms with Gasteiger partial charge in [-0.15, -0.1) is 0 Å². The van der Waals surface area contributed by atoms with Gasteiger partial charge in [0.2, 0.25) is 10.0 Å². The second-order valence-corrected chi connectivity index (χ2v) is 9.64. The van der Waals surface area contributed by atoms with Crippen LogP contribution in [0.5, 0.6) is 5.75 Å². The molecular weight excluding hydrogens is 454 g/mol. The van der Waals surface area contributed by atoms with E-state index >= 15 is 0 Å². The fraction of sp³-hybridized carbons (Fsp3) is 0.273. The number of aromatic nitrogens is 1. The minimum Gasteiger partial charge on any atom is -0.487 e. The first kappa shape index (κ1) is 22.3. The number of halogens is 1. The van der Waals surface area contributed by atoms with E-state index in [9.17, 15) is 13.2 Å². The molecule has 0 spiro atoms. The van der Waals surface area contributed by atoms with Crippen LogP contribution in [0.4, 0.5) is 0 Å². The van der Waals surface area contributed by atoms with Crippen LogP contribution >= 0.6 is 11.6 Å². The predicted octanol–water partition coefficient (Wildman–Crippen LogP) is 3.36. The quantitative estimate of drug-likeness (QED) is 0.542. The van der Waals surface area contributed by atoms with Crippen molar-refractivity contribution in [1.29, 1.82) is 0 Å². The molecule has 8 nitrogen and oxygen atoms in total. The number of carbonyl (C=O) groups excluding carboxylic acids is 1. The van der Waals surface area contributed by atoms with E-state index < -0.39 is 10.0 Å². The number of rotatable bonds is 6. The highest BCUT2D eigenvalue weighted by molar-refractivity contribution is 7.89. The molecule has 0 unspecified atom stereocenters. The smallest absolute Gasteiger partial charge is 0.276 e. The number of piperazine rings is 1. The van der Waals surface area contributed by atoms with Gasteiger partial charge in [0.1, 0.15) is 18.1 Å². The molecule has 0 radical (unpaired) electrons. The molecule has 1 amide bonds. The maximum absolute atomic E-state index is 13.1. The van der Waals surface area contributed by atoms with Crippen LogP contribution in [0.15, 0.2) is 64.0 Å². The van der Waals surface area contributed by atoms with Crippen molar-refractivity contribution in [3.8, 4) is 5.75 Å². The lowest BCUT2D eigenvalue weighted by molar-refractivity contribution is 0.0685. The molecule has 0 atom stereocenters. The highest BCUT2D eigenvalue weighted by atomic mass is 35.5. The minimum absolute atomic E-state index is 0.0719. The molecule has 0 saturated carbocycles. The molecule has 10 heteroatoms. The summed E-state index contributed by atoms with van der Waals surface area (Å²) in [5, 5.41) is 4.39. The standard InChI is InChI=1S/C22H22ClN3O5S/c1-16-18(15-30-20-10-6-5-9-19(20)23)21(24-31-16)22(27)25-11-13-26(14-12-25)32(28,29)17-7-3-2-4-8-17/h2-10H,11-15H2,1H3. The Hall–Kier alpha value is -2.88. The summed E-state index contributed by atoms with van der Waals surface area (Å²) in [4.78, 5) is 14.9. The van der Waals surface area contributed by atoms with E-state index in [-0.39, 0.29) is 49.3 Å². The molecule has 0 N–H and O–H groups in total. The van der Waals surface area contributed by atoms with Crippen LogP contribution in [0.2, 0.25) is 5.02 Å². The molecule has 1 aliphatic heterocycles. The molecule has 1 aromatic heterocycles. The Morgan fingerprint density at radius 1 is 1.06 bits per heavy atom. The molecule has 0 bridgehead atoms. The summed E-state index contributed by atoms with van der Waals surface area (Å²) in [6.07, 6.45) is 0. The summed E-state index contributed by atoms with van der Waals surface area (Å²) in [6.45, 7) is 2.68. The van der Waals surface area contributed by atoms with Crippen LogP contribution in [0, 0.1) is 6.92 Å². The zero-order valence-electron chi connectivity index (χ0n) is 17.4. The van der Waals surface area contributed by atoms with Gasteiger partial charge in [0.15, 0.2) is 5.69 Å². The molecule has 2 heterocycles. The number of amides is 1. The number of benzene rings is 2. The first-order valence-corrected chi connectivity index (χ1v) is 11.9. The van der Waals surface area contributed by atoms with Crippen molar-refractivity contribution in [1.82, 2.24) is 14.4 Å². The summed E-state index contributed by atoms with van der Waals surface area (Å²) in [7, 11) is -3.59. The molecule has 1 saturated heterocycles. The topological polar surface area (TPSA) is 93.0 Å². The van der Waals surface area contributed by atoms with E-state index in [1.165, 1.54) is 4.31 Å². The van der Waals surface area contributed by atoms with E-state index in [1.807, 2.05) is 0 Å². The van der Waals surface area contributed by atoms with Gasteiger partial charge in [0.25, 0.3) is 5.91 Å². The molecule has 2 aromatic carbocycles. The number of carbonyl (C=O) groups is 1. The zero-order chi connectivity index (χ0) is 22.7. The van der Waals surface area contributed by atoms with Crippen LogP contribution in [0.1, 0.15) is 21.8 Å². The third kappa shape index (κ3) is 4.50. The Balaban J connectivity index is 1.43. The van der Waals surface area contributed by atoms with E-state index in [0.717, 1.165) is 0 Å². The first-order chi connectivity index (χ1) is 15.4. The van der Waals surface area contributed by atoms with Gasteiger partial charge in [0, 0.05) is 26.2 Å². The lowest BCUT2D eigenvalue weighted by atomic mass is 10.1. The third-order valence-corrected chi connectivity index (χ3v) is 7.53. The van der Waals surface area contributed by atoms with Gasteiger partial charge in [-0.05, 0) is 31.2 Å². The van der Waals surface area contributed by atoms with Crippen LogP contribution in [0.3, 0.4) is 0 Å². The fourth-order valence-electron chi connectivity index (χ4n) is 3.46. The normalized spacial score (nSPS) is 15.0. The van der Waals surface area contributed by atoms with E-state index in [0.29, 0.717) is 22.1 Å². The summed E-state index contributed by atoms with van der Waals surface area (Å²) < 4.78 is 38.0. The monoisotopic (exact) mass is 475 g/mol. The van der Waals surface area contributed by atoms with Gasteiger partial charge in [0.05, 0.1) is 15.5 Å². The van der Waals surface area contributed by atoms with E-state index in [2.05, 4.69) is 5.16 Å². The molecule has 1 fully saturated rings. The van der Waals surface area contributed by atoms with Gasteiger partial charge in [-0.1, -0.05) is 47.1 Å². The first-order valence-electron chi connectivity index (χ1n) is 10.0. The second kappa shape index (κ2) is 9.32. The average Bonchev–Trinajstić information content (AvgIpc) is 3.19. The van der Waals surface area contributed by atoms with Crippen molar-refractivity contribution in [2.24, 2.45) is 0 Å². The number of aryl methyl sites for hydroxylation is 1. The van der Waals surface area contributed by atoms with Crippen molar-refractivity contribution in [2.45, 2.75) is 18.4 Å². The van der Waals surface area contributed by atoms with Gasteiger partial charge in [-0.2, -0.15) is 4.31 Å². The molecule has 4 rings (SSSR count). The van der Waals surface area contributed by atoms with Gasteiger partial charge in [-0.3, -0.25) is 4.79 Å². The Bertz CT molecular complexity index is 1210. The van der Waals surface area contributed by atoms with Crippen LogP contribution < -0.4 is 4.74 Å². The van der Waals surface area contributed by atoms with Crippen molar-refractivity contribution in [3.05, 3.63) is 76.6 Å². The molecular formula is C22H22ClN3O5S. The Morgan fingerprint density at radius 2 is 1.72 bits per heavy atom. The van der Waals surface area contributed by atoms with Gasteiger partial charge in [-0.25, -0.2) is 8.42 Å².